The number of H-pyrrole nitrogens is 1. The summed E-state index contributed by atoms with van der Waals surface area (Å²) in [6, 6.07) is 5.00. The minimum absolute atomic E-state index is 0.240. The number of aromatic nitrogens is 1. The number of aromatic amines is 1. The van der Waals surface area contributed by atoms with Crippen molar-refractivity contribution in [2.75, 3.05) is 0 Å². The highest BCUT2D eigenvalue weighted by molar-refractivity contribution is 6.46. The first kappa shape index (κ1) is 12.5. The molecular formula is C12H8Cl3NO. The van der Waals surface area contributed by atoms with Crippen LogP contribution in [0.3, 0.4) is 0 Å². The monoisotopic (exact) mass is 287 g/mol. The van der Waals surface area contributed by atoms with E-state index in [-0.39, 0.29) is 5.56 Å². The average Bonchev–Trinajstić information content (AvgIpc) is 2.28. The molecule has 5 heteroatoms. The molecule has 1 N–H and O–H groups in total. The van der Waals surface area contributed by atoms with Gasteiger partial charge in [-0.05, 0) is 30.7 Å². The van der Waals surface area contributed by atoms with E-state index in [2.05, 4.69) is 4.98 Å². The van der Waals surface area contributed by atoms with Crippen LogP contribution in [0.4, 0.5) is 0 Å². The van der Waals surface area contributed by atoms with E-state index >= 15 is 0 Å². The fourth-order valence-corrected chi connectivity index (χ4v) is 2.36. The minimum atomic E-state index is -0.240. The Hall–Kier alpha value is -0.960. The summed E-state index contributed by atoms with van der Waals surface area (Å²) in [5.41, 5.74) is 1.47. The second-order valence-corrected chi connectivity index (χ2v) is 4.78. The molecule has 0 radical (unpaired) electrons. The summed E-state index contributed by atoms with van der Waals surface area (Å²) in [7, 11) is 0. The van der Waals surface area contributed by atoms with Crippen molar-refractivity contribution in [3.05, 3.63) is 55.4 Å². The molecule has 0 atom stereocenters. The molecule has 0 fully saturated rings. The molecule has 0 spiro atoms. The molecule has 17 heavy (non-hydrogen) atoms. The van der Waals surface area contributed by atoms with Crippen molar-refractivity contribution in [1.82, 2.24) is 4.98 Å². The Morgan fingerprint density at radius 2 is 1.65 bits per heavy atom. The second kappa shape index (κ2) is 4.73. The summed E-state index contributed by atoms with van der Waals surface area (Å²) in [6.45, 7) is 1.82. The molecule has 0 aliphatic rings. The van der Waals surface area contributed by atoms with Crippen LogP contribution in [0.15, 0.2) is 29.2 Å². The topological polar surface area (TPSA) is 32.9 Å². The van der Waals surface area contributed by atoms with Gasteiger partial charge in [0.1, 0.15) is 0 Å². The van der Waals surface area contributed by atoms with Crippen molar-refractivity contribution in [2.24, 2.45) is 0 Å². The number of benzene rings is 1. The lowest BCUT2D eigenvalue weighted by atomic mass is 10.0. The van der Waals surface area contributed by atoms with Gasteiger partial charge in [0.05, 0.1) is 20.6 Å². The summed E-state index contributed by atoms with van der Waals surface area (Å²) in [5, 5.41) is 1.06. The van der Waals surface area contributed by atoms with Crippen LogP contribution in [0.2, 0.25) is 15.1 Å². The van der Waals surface area contributed by atoms with Crippen LogP contribution in [-0.2, 0) is 0 Å². The summed E-state index contributed by atoms with van der Waals surface area (Å²) in [4.78, 5) is 14.4. The van der Waals surface area contributed by atoms with Crippen molar-refractivity contribution >= 4 is 34.8 Å². The Morgan fingerprint density at radius 1 is 1.00 bits per heavy atom. The van der Waals surface area contributed by atoms with Gasteiger partial charge in [-0.1, -0.05) is 34.8 Å². The van der Waals surface area contributed by atoms with Gasteiger partial charge in [0, 0.05) is 11.8 Å². The van der Waals surface area contributed by atoms with Crippen molar-refractivity contribution < 1.29 is 0 Å². The quantitative estimate of drug-likeness (QED) is 0.779. The van der Waals surface area contributed by atoms with E-state index in [1.807, 2.05) is 6.92 Å². The Labute approximate surface area is 113 Å². The van der Waals surface area contributed by atoms with E-state index in [1.54, 1.807) is 24.4 Å². The first-order chi connectivity index (χ1) is 8.02. The SMILES string of the molecule is Cc1cc[nH]c(=O)c1-c1c(Cl)ccc(Cl)c1Cl. The van der Waals surface area contributed by atoms with Crippen LogP contribution in [0.5, 0.6) is 0 Å². The highest BCUT2D eigenvalue weighted by Gasteiger charge is 2.16. The standard InChI is InChI=1S/C12H8Cl3NO/c1-6-4-5-16-12(17)9(6)10-7(13)2-3-8(14)11(10)15/h2-5H,1H3,(H,16,17). The van der Waals surface area contributed by atoms with Gasteiger partial charge in [-0.2, -0.15) is 0 Å². The maximum atomic E-state index is 11.8. The summed E-state index contributed by atoms with van der Waals surface area (Å²) >= 11 is 18.1. The van der Waals surface area contributed by atoms with Crippen LogP contribution in [0.25, 0.3) is 11.1 Å². The third-order valence-electron chi connectivity index (χ3n) is 2.46. The maximum absolute atomic E-state index is 11.8. The lowest BCUT2D eigenvalue weighted by Gasteiger charge is -2.10. The zero-order valence-corrected chi connectivity index (χ0v) is 11.1. The Bertz CT molecular complexity index is 634. The smallest absolute Gasteiger partial charge is 0.256 e. The molecule has 0 bridgehead atoms. The third-order valence-corrected chi connectivity index (χ3v) is 3.58. The Kier molecular flexibility index (Phi) is 3.48. The molecular weight excluding hydrogens is 280 g/mol. The lowest BCUT2D eigenvalue weighted by molar-refractivity contribution is 1.21. The summed E-state index contributed by atoms with van der Waals surface area (Å²) < 4.78 is 0. The maximum Gasteiger partial charge on any atom is 0.256 e. The van der Waals surface area contributed by atoms with Gasteiger partial charge in [0.25, 0.3) is 5.56 Å². The van der Waals surface area contributed by atoms with Gasteiger partial charge in [0.2, 0.25) is 0 Å². The van der Waals surface area contributed by atoms with E-state index in [9.17, 15) is 4.79 Å². The van der Waals surface area contributed by atoms with Crippen LogP contribution in [-0.4, -0.2) is 4.98 Å². The van der Waals surface area contributed by atoms with Gasteiger partial charge >= 0.3 is 0 Å². The van der Waals surface area contributed by atoms with Gasteiger partial charge in [-0.15, -0.1) is 0 Å². The number of aryl methyl sites for hydroxylation is 1. The van der Waals surface area contributed by atoms with Gasteiger partial charge < -0.3 is 4.98 Å². The highest BCUT2D eigenvalue weighted by atomic mass is 35.5. The van der Waals surface area contributed by atoms with Crippen LogP contribution in [0.1, 0.15) is 5.56 Å². The van der Waals surface area contributed by atoms with Gasteiger partial charge in [-0.25, -0.2) is 0 Å². The number of pyridine rings is 1. The molecule has 2 rings (SSSR count). The molecule has 1 aromatic carbocycles. The summed E-state index contributed by atoms with van der Waals surface area (Å²) in [5.74, 6) is 0. The largest absolute Gasteiger partial charge is 0.329 e. The van der Waals surface area contributed by atoms with Gasteiger partial charge in [0.15, 0.2) is 0 Å². The molecule has 1 aromatic heterocycles. The van der Waals surface area contributed by atoms with E-state index in [4.69, 9.17) is 34.8 Å². The number of halogens is 3. The van der Waals surface area contributed by atoms with Crippen LogP contribution >= 0.6 is 34.8 Å². The molecule has 0 aliphatic heterocycles. The normalized spacial score (nSPS) is 10.6. The first-order valence-corrected chi connectivity index (χ1v) is 5.98. The predicted octanol–water partition coefficient (Wildman–Crippen LogP) is 4.31. The fraction of sp³-hybridized carbons (Fsp3) is 0.0833. The van der Waals surface area contributed by atoms with Gasteiger partial charge in [-0.3, -0.25) is 4.79 Å². The van der Waals surface area contributed by atoms with Crippen LogP contribution < -0.4 is 5.56 Å². The van der Waals surface area contributed by atoms with E-state index in [0.29, 0.717) is 26.2 Å². The number of hydrogen-bond donors (Lipinski definition) is 1. The highest BCUT2D eigenvalue weighted by Crippen LogP contribution is 2.38. The number of nitrogens with one attached hydrogen (secondary N) is 1. The van der Waals surface area contributed by atoms with Crippen molar-refractivity contribution in [3.63, 3.8) is 0 Å². The molecule has 0 unspecified atom stereocenters. The zero-order valence-electron chi connectivity index (χ0n) is 8.85. The summed E-state index contributed by atoms with van der Waals surface area (Å²) in [6.07, 6.45) is 1.58. The molecule has 0 saturated heterocycles. The third kappa shape index (κ3) is 2.21. The van der Waals surface area contributed by atoms with E-state index in [0.717, 1.165) is 5.56 Å². The van der Waals surface area contributed by atoms with Crippen LogP contribution in [0, 0.1) is 6.92 Å². The Balaban J connectivity index is 2.87. The first-order valence-electron chi connectivity index (χ1n) is 4.84. The minimum Gasteiger partial charge on any atom is -0.329 e. The van der Waals surface area contributed by atoms with E-state index < -0.39 is 0 Å². The number of hydrogen-bond acceptors (Lipinski definition) is 1. The average molecular weight is 289 g/mol. The number of rotatable bonds is 1. The second-order valence-electron chi connectivity index (χ2n) is 3.58. The fourth-order valence-electron chi connectivity index (χ4n) is 1.64. The van der Waals surface area contributed by atoms with Crippen molar-refractivity contribution in [2.45, 2.75) is 6.92 Å². The molecule has 0 amide bonds. The molecule has 0 saturated carbocycles. The molecule has 88 valence electrons. The molecule has 1 heterocycles. The predicted molar refractivity (Wildman–Crippen MR) is 72.3 cm³/mol. The van der Waals surface area contributed by atoms with Crippen molar-refractivity contribution in [3.8, 4) is 11.1 Å². The van der Waals surface area contributed by atoms with E-state index in [1.165, 1.54) is 0 Å². The Morgan fingerprint density at radius 3 is 2.29 bits per heavy atom. The molecule has 2 nitrogen and oxygen atoms in total. The van der Waals surface area contributed by atoms with Crippen molar-refractivity contribution in [1.29, 1.82) is 0 Å². The molecule has 2 aromatic rings. The molecule has 0 aliphatic carbocycles. The zero-order chi connectivity index (χ0) is 12.6. The lowest BCUT2D eigenvalue weighted by Crippen LogP contribution is -2.10.